The van der Waals surface area contributed by atoms with Crippen LogP contribution in [0.3, 0.4) is 0 Å². The highest BCUT2D eigenvalue weighted by atomic mass is 32.2. The summed E-state index contributed by atoms with van der Waals surface area (Å²) in [4.78, 5) is 0.663. The van der Waals surface area contributed by atoms with E-state index in [-0.39, 0.29) is 12.6 Å². The summed E-state index contributed by atoms with van der Waals surface area (Å²) in [6.07, 6.45) is 0.772. The fourth-order valence-electron chi connectivity index (χ4n) is 1.22. The Balaban J connectivity index is 3.01. The van der Waals surface area contributed by atoms with E-state index in [0.717, 1.165) is 17.8 Å². The van der Waals surface area contributed by atoms with E-state index >= 15 is 0 Å². The van der Waals surface area contributed by atoms with Crippen LogP contribution in [0.4, 0.5) is 0 Å². The Morgan fingerprint density at radius 1 is 1.50 bits per heavy atom. The van der Waals surface area contributed by atoms with Crippen molar-refractivity contribution in [2.45, 2.75) is 37.1 Å². The van der Waals surface area contributed by atoms with Crippen LogP contribution in [-0.2, 0) is 16.6 Å². The van der Waals surface area contributed by atoms with Gasteiger partial charge in [-0.3, -0.25) is 0 Å². The second-order valence-corrected chi connectivity index (χ2v) is 7.05. The monoisotopic (exact) mass is 263 g/mol. The van der Waals surface area contributed by atoms with Gasteiger partial charge in [-0.2, -0.15) is 4.31 Å². The highest BCUT2D eigenvalue weighted by Gasteiger charge is 2.25. The molecule has 1 atom stereocenters. The number of aliphatic hydroxyl groups excluding tert-OH is 1. The second kappa shape index (κ2) is 5.27. The zero-order valence-electron chi connectivity index (χ0n) is 9.67. The lowest BCUT2D eigenvalue weighted by atomic mass is 10.3. The van der Waals surface area contributed by atoms with Gasteiger partial charge in [-0.15, -0.1) is 11.3 Å². The summed E-state index contributed by atoms with van der Waals surface area (Å²) >= 11 is 1.12. The van der Waals surface area contributed by atoms with Crippen LogP contribution in [0, 0.1) is 0 Å². The average Bonchev–Trinajstić information content (AvgIpc) is 2.75. The molecule has 0 bridgehead atoms. The topological polar surface area (TPSA) is 57.6 Å². The molecule has 0 aromatic carbocycles. The molecule has 0 aliphatic carbocycles. The van der Waals surface area contributed by atoms with Gasteiger partial charge < -0.3 is 5.11 Å². The van der Waals surface area contributed by atoms with E-state index in [2.05, 4.69) is 0 Å². The molecule has 0 saturated carbocycles. The second-order valence-electron chi connectivity index (χ2n) is 3.66. The van der Waals surface area contributed by atoms with E-state index in [4.69, 9.17) is 5.11 Å². The molecule has 92 valence electrons. The minimum absolute atomic E-state index is 0.0234. The van der Waals surface area contributed by atoms with Crippen molar-refractivity contribution in [2.24, 2.45) is 0 Å². The van der Waals surface area contributed by atoms with Crippen LogP contribution in [0.1, 0.15) is 25.1 Å². The molecule has 0 aliphatic heterocycles. The fraction of sp³-hybridized carbons (Fsp3) is 0.600. The quantitative estimate of drug-likeness (QED) is 0.879. The Hall–Kier alpha value is -0.430. The molecule has 1 aromatic heterocycles. The number of hydrogen-bond donors (Lipinski definition) is 1. The van der Waals surface area contributed by atoms with Gasteiger partial charge in [-0.05, 0) is 25.5 Å². The average molecular weight is 263 g/mol. The number of rotatable bonds is 5. The highest BCUT2D eigenvalue weighted by molar-refractivity contribution is 7.91. The van der Waals surface area contributed by atoms with Crippen LogP contribution >= 0.6 is 11.3 Å². The van der Waals surface area contributed by atoms with E-state index in [9.17, 15) is 8.42 Å². The third kappa shape index (κ3) is 2.63. The first-order chi connectivity index (χ1) is 7.43. The zero-order valence-corrected chi connectivity index (χ0v) is 11.3. The molecule has 0 radical (unpaired) electrons. The van der Waals surface area contributed by atoms with Crippen LogP contribution < -0.4 is 0 Å². The molecule has 4 nitrogen and oxygen atoms in total. The van der Waals surface area contributed by atoms with Crippen LogP contribution in [0.2, 0.25) is 0 Å². The molecule has 1 rings (SSSR count). The summed E-state index contributed by atoms with van der Waals surface area (Å²) in [6, 6.07) is 3.16. The number of thiophene rings is 1. The van der Waals surface area contributed by atoms with Crippen molar-refractivity contribution in [3.63, 3.8) is 0 Å². The van der Waals surface area contributed by atoms with Gasteiger partial charge in [0, 0.05) is 18.0 Å². The van der Waals surface area contributed by atoms with Gasteiger partial charge in [0.15, 0.2) is 0 Å². The number of hydrogen-bond acceptors (Lipinski definition) is 4. The first kappa shape index (κ1) is 13.6. The van der Waals surface area contributed by atoms with Gasteiger partial charge in [0.2, 0.25) is 0 Å². The fourth-order valence-corrected chi connectivity index (χ4v) is 4.05. The van der Waals surface area contributed by atoms with E-state index < -0.39 is 10.0 Å². The highest BCUT2D eigenvalue weighted by Crippen LogP contribution is 2.25. The van der Waals surface area contributed by atoms with Gasteiger partial charge >= 0.3 is 0 Å². The Morgan fingerprint density at radius 3 is 2.56 bits per heavy atom. The van der Waals surface area contributed by atoms with Gasteiger partial charge in [0.05, 0.1) is 6.61 Å². The van der Waals surface area contributed by atoms with Crippen molar-refractivity contribution in [3.8, 4) is 0 Å². The van der Waals surface area contributed by atoms with Crippen LogP contribution in [0.15, 0.2) is 16.3 Å². The van der Waals surface area contributed by atoms with Crippen molar-refractivity contribution in [1.82, 2.24) is 4.31 Å². The molecule has 1 unspecified atom stereocenters. The first-order valence-corrected chi connectivity index (χ1v) is 7.36. The third-order valence-corrected chi connectivity index (χ3v) is 6.15. The summed E-state index contributed by atoms with van der Waals surface area (Å²) < 4.78 is 25.9. The molecule has 0 amide bonds. The van der Waals surface area contributed by atoms with Gasteiger partial charge in [-0.25, -0.2) is 8.42 Å². The van der Waals surface area contributed by atoms with Crippen LogP contribution in [-0.4, -0.2) is 30.9 Å². The largest absolute Gasteiger partial charge is 0.391 e. The van der Waals surface area contributed by atoms with Crippen molar-refractivity contribution in [2.75, 3.05) is 7.05 Å². The number of aliphatic hydroxyl groups is 1. The maximum atomic E-state index is 12.1. The Kier molecular flexibility index (Phi) is 4.49. The molecular weight excluding hydrogens is 246 g/mol. The lowest BCUT2D eigenvalue weighted by Crippen LogP contribution is -2.34. The van der Waals surface area contributed by atoms with Gasteiger partial charge in [0.1, 0.15) is 4.21 Å². The van der Waals surface area contributed by atoms with Gasteiger partial charge in [-0.1, -0.05) is 6.92 Å². The van der Waals surface area contributed by atoms with Crippen LogP contribution in [0.25, 0.3) is 0 Å². The van der Waals surface area contributed by atoms with Crippen molar-refractivity contribution in [3.05, 3.63) is 17.0 Å². The van der Waals surface area contributed by atoms with E-state index in [1.807, 2.05) is 13.8 Å². The standard InChI is InChI=1S/C10H17NO3S2/c1-4-8(2)11(3)16(13,14)10-6-5-9(7-12)15-10/h5-6,8,12H,4,7H2,1-3H3. The normalized spacial score (nSPS) is 14.3. The lowest BCUT2D eigenvalue weighted by molar-refractivity contribution is 0.285. The predicted octanol–water partition coefficient (Wildman–Crippen LogP) is 1.66. The van der Waals surface area contributed by atoms with E-state index in [0.29, 0.717) is 9.09 Å². The molecule has 1 heterocycles. The van der Waals surface area contributed by atoms with Crippen molar-refractivity contribution < 1.29 is 13.5 Å². The minimum Gasteiger partial charge on any atom is -0.391 e. The Labute approximate surface area is 101 Å². The van der Waals surface area contributed by atoms with Crippen molar-refractivity contribution >= 4 is 21.4 Å². The van der Waals surface area contributed by atoms with Crippen LogP contribution in [0.5, 0.6) is 0 Å². The van der Waals surface area contributed by atoms with Crippen molar-refractivity contribution in [1.29, 1.82) is 0 Å². The molecule has 16 heavy (non-hydrogen) atoms. The predicted molar refractivity (Wildman–Crippen MR) is 64.9 cm³/mol. The SMILES string of the molecule is CCC(C)N(C)S(=O)(=O)c1ccc(CO)s1. The number of sulfonamides is 1. The molecule has 0 aliphatic rings. The molecule has 1 aromatic rings. The molecular formula is C10H17NO3S2. The summed E-state index contributed by atoms with van der Waals surface area (Å²) in [5, 5.41) is 8.91. The van der Waals surface area contributed by atoms with E-state index in [1.54, 1.807) is 19.2 Å². The Morgan fingerprint density at radius 2 is 2.12 bits per heavy atom. The minimum atomic E-state index is -3.40. The summed E-state index contributed by atoms with van der Waals surface area (Å²) in [5.74, 6) is 0. The van der Waals surface area contributed by atoms with Gasteiger partial charge in [0.25, 0.3) is 10.0 Å². The molecule has 0 spiro atoms. The third-order valence-electron chi connectivity index (χ3n) is 2.64. The molecule has 0 fully saturated rings. The zero-order chi connectivity index (χ0) is 12.3. The first-order valence-electron chi connectivity index (χ1n) is 5.11. The summed E-state index contributed by atoms with van der Waals surface area (Å²) in [6.45, 7) is 3.70. The molecule has 1 N–H and O–H groups in total. The maximum Gasteiger partial charge on any atom is 0.252 e. The number of nitrogens with zero attached hydrogens (tertiary/aromatic N) is 1. The summed E-state index contributed by atoms with van der Waals surface area (Å²) in [5.41, 5.74) is 0. The maximum absolute atomic E-state index is 12.1. The smallest absolute Gasteiger partial charge is 0.252 e. The molecule has 6 heteroatoms. The van der Waals surface area contributed by atoms with E-state index in [1.165, 1.54) is 4.31 Å². The Bertz CT molecular complexity index is 439. The lowest BCUT2D eigenvalue weighted by Gasteiger charge is -2.22. The summed E-state index contributed by atoms with van der Waals surface area (Å²) in [7, 11) is -1.81. The molecule has 0 saturated heterocycles.